The summed E-state index contributed by atoms with van der Waals surface area (Å²) >= 11 is 5.85. The highest BCUT2D eigenvalue weighted by atomic mass is 35.5. The van der Waals surface area contributed by atoms with Crippen LogP contribution in [0.15, 0.2) is 73.1 Å². The largest absolute Gasteiger partial charge is 0.484 e. The van der Waals surface area contributed by atoms with E-state index in [2.05, 4.69) is 10.3 Å². The Labute approximate surface area is 168 Å². The van der Waals surface area contributed by atoms with E-state index in [1.54, 1.807) is 60.9 Å². The molecule has 1 N–H and O–H groups in total. The van der Waals surface area contributed by atoms with Gasteiger partial charge < -0.3 is 10.1 Å². The van der Waals surface area contributed by atoms with Crippen LogP contribution in [0.25, 0.3) is 0 Å². The lowest BCUT2D eigenvalue weighted by molar-refractivity contribution is -0.123. The lowest BCUT2D eigenvalue weighted by Crippen LogP contribution is -2.31. The van der Waals surface area contributed by atoms with Gasteiger partial charge in [-0.15, -0.1) is 0 Å². The number of ether oxygens (including phenoxy) is 1. The van der Waals surface area contributed by atoms with E-state index >= 15 is 0 Å². The van der Waals surface area contributed by atoms with Gasteiger partial charge in [-0.1, -0.05) is 11.6 Å². The van der Waals surface area contributed by atoms with Gasteiger partial charge in [0.25, 0.3) is 5.91 Å². The molecule has 0 aliphatic carbocycles. The van der Waals surface area contributed by atoms with E-state index in [9.17, 15) is 9.59 Å². The van der Waals surface area contributed by atoms with Crippen LogP contribution in [-0.4, -0.2) is 23.3 Å². The molecule has 0 radical (unpaired) electrons. The van der Waals surface area contributed by atoms with Crippen molar-refractivity contribution in [2.75, 3.05) is 6.61 Å². The SMILES string of the molecule is C[C@@H](NC(=O)COc1ccc(C(=O)c2ccc(Cl)cc2)cc1)c1ccncc1. The molecule has 0 aliphatic heterocycles. The lowest BCUT2D eigenvalue weighted by atomic mass is 10.0. The summed E-state index contributed by atoms with van der Waals surface area (Å²) in [6, 6.07) is 17.0. The molecule has 0 unspecified atom stereocenters. The Kier molecular flexibility index (Phi) is 6.40. The second kappa shape index (κ2) is 9.15. The lowest BCUT2D eigenvalue weighted by Gasteiger charge is -2.14. The fourth-order valence-electron chi connectivity index (χ4n) is 2.64. The second-order valence-electron chi connectivity index (χ2n) is 6.22. The standard InChI is InChI=1S/C22H19ClN2O3/c1-15(16-10-12-24-13-11-16)25-21(26)14-28-20-8-4-18(5-9-20)22(27)17-2-6-19(23)7-3-17/h2-13,15H,14H2,1H3,(H,25,26)/t15-/m1/s1. The number of rotatable bonds is 7. The van der Waals surface area contributed by atoms with Crippen molar-refractivity contribution in [3.05, 3.63) is 94.8 Å². The number of carbonyl (C=O) groups is 2. The van der Waals surface area contributed by atoms with Crippen molar-refractivity contribution in [1.82, 2.24) is 10.3 Å². The Morgan fingerprint density at radius 1 is 0.964 bits per heavy atom. The maximum absolute atomic E-state index is 12.4. The number of benzene rings is 2. The molecule has 3 rings (SSSR count). The van der Waals surface area contributed by atoms with Gasteiger partial charge in [-0.3, -0.25) is 14.6 Å². The smallest absolute Gasteiger partial charge is 0.258 e. The van der Waals surface area contributed by atoms with Gasteiger partial charge in [0, 0.05) is 28.5 Å². The summed E-state index contributed by atoms with van der Waals surface area (Å²) in [5, 5.41) is 3.45. The minimum absolute atomic E-state index is 0.105. The molecule has 2 aromatic carbocycles. The van der Waals surface area contributed by atoms with Crippen LogP contribution in [0.1, 0.15) is 34.5 Å². The first-order valence-electron chi connectivity index (χ1n) is 8.75. The van der Waals surface area contributed by atoms with Crippen molar-refractivity contribution < 1.29 is 14.3 Å². The molecule has 142 valence electrons. The zero-order chi connectivity index (χ0) is 19.9. The Hall–Kier alpha value is -3.18. The quantitative estimate of drug-likeness (QED) is 0.609. The molecular weight excluding hydrogens is 376 g/mol. The molecule has 3 aromatic rings. The number of nitrogens with zero attached hydrogens (tertiary/aromatic N) is 1. The minimum Gasteiger partial charge on any atom is -0.484 e. The second-order valence-corrected chi connectivity index (χ2v) is 6.66. The van der Waals surface area contributed by atoms with E-state index in [4.69, 9.17) is 16.3 Å². The van der Waals surface area contributed by atoms with Gasteiger partial charge in [0.05, 0.1) is 6.04 Å². The monoisotopic (exact) mass is 394 g/mol. The number of hydrogen-bond acceptors (Lipinski definition) is 4. The fraction of sp³-hybridized carbons (Fsp3) is 0.136. The normalized spacial score (nSPS) is 11.5. The van der Waals surface area contributed by atoms with Gasteiger partial charge in [-0.05, 0) is 73.2 Å². The molecule has 1 atom stereocenters. The Balaban J connectivity index is 1.53. The predicted molar refractivity (Wildman–Crippen MR) is 108 cm³/mol. The van der Waals surface area contributed by atoms with Gasteiger partial charge in [0.2, 0.25) is 0 Å². The average molecular weight is 395 g/mol. The van der Waals surface area contributed by atoms with Gasteiger partial charge in [-0.25, -0.2) is 0 Å². The molecule has 0 saturated heterocycles. The highest BCUT2D eigenvalue weighted by Gasteiger charge is 2.11. The zero-order valence-electron chi connectivity index (χ0n) is 15.3. The number of aromatic nitrogens is 1. The van der Waals surface area contributed by atoms with Crippen molar-refractivity contribution in [1.29, 1.82) is 0 Å². The number of pyridine rings is 1. The number of nitrogens with one attached hydrogen (secondary N) is 1. The molecule has 0 spiro atoms. The van der Waals surface area contributed by atoms with E-state index < -0.39 is 0 Å². The first-order chi connectivity index (χ1) is 13.5. The van der Waals surface area contributed by atoms with Crippen molar-refractivity contribution >= 4 is 23.3 Å². The van der Waals surface area contributed by atoms with E-state index in [1.807, 2.05) is 19.1 Å². The molecule has 0 fully saturated rings. The maximum Gasteiger partial charge on any atom is 0.258 e. The highest BCUT2D eigenvalue weighted by Crippen LogP contribution is 2.17. The molecule has 0 aliphatic rings. The molecule has 1 heterocycles. The van der Waals surface area contributed by atoms with Crippen LogP contribution in [0.5, 0.6) is 5.75 Å². The summed E-state index contributed by atoms with van der Waals surface area (Å²) in [6.45, 7) is 1.78. The average Bonchev–Trinajstić information content (AvgIpc) is 2.73. The van der Waals surface area contributed by atoms with Crippen LogP contribution in [0.4, 0.5) is 0 Å². The topological polar surface area (TPSA) is 68.3 Å². The van der Waals surface area contributed by atoms with Crippen LogP contribution in [0.2, 0.25) is 5.02 Å². The molecule has 6 heteroatoms. The third-order valence-corrected chi connectivity index (χ3v) is 4.43. The summed E-state index contributed by atoms with van der Waals surface area (Å²) in [5.41, 5.74) is 2.06. The van der Waals surface area contributed by atoms with Gasteiger partial charge in [-0.2, -0.15) is 0 Å². The third kappa shape index (κ3) is 5.18. The number of hydrogen-bond donors (Lipinski definition) is 1. The van der Waals surface area contributed by atoms with E-state index in [0.717, 1.165) is 5.56 Å². The number of ketones is 1. The summed E-state index contributed by atoms with van der Waals surface area (Å²) in [7, 11) is 0. The zero-order valence-corrected chi connectivity index (χ0v) is 16.0. The number of carbonyl (C=O) groups excluding carboxylic acids is 2. The van der Waals surface area contributed by atoms with E-state index in [1.165, 1.54) is 0 Å². The fourth-order valence-corrected chi connectivity index (χ4v) is 2.76. The van der Waals surface area contributed by atoms with Crippen LogP contribution in [-0.2, 0) is 4.79 Å². The van der Waals surface area contributed by atoms with Crippen LogP contribution >= 0.6 is 11.6 Å². The third-order valence-electron chi connectivity index (χ3n) is 4.18. The molecule has 1 aromatic heterocycles. The first-order valence-corrected chi connectivity index (χ1v) is 9.13. The molecule has 28 heavy (non-hydrogen) atoms. The highest BCUT2D eigenvalue weighted by molar-refractivity contribution is 6.30. The van der Waals surface area contributed by atoms with Crippen LogP contribution in [0.3, 0.4) is 0 Å². The first kappa shape index (κ1) is 19.6. The van der Waals surface area contributed by atoms with Gasteiger partial charge in [0.15, 0.2) is 12.4 Å². The summed E-state index contributed by atoms with van der Waals surface area (Å²) in [5.74, 6) is 0.178. The molecule has 5 nitrogen and oxygen atoms in total. The predicted octanol–water partition coefficient (Wildman–Crippen LogP) is 4.22. The molecular formula is C22H19ClN2O3. The summed E-state index contributed by atoms with van der Waals surface area (Å²) in [6.07, 6.45) is 3.36. The Bertz CT molecular complexity index is 942. The van der Waals surface area contributed by atoms with Gasteiger partial charge in [0.1, 0.15) is 5.75 Å². The van der Waals surface area contributed by atoms with E-state index in [0.29, 0.717) is 21.9 Å². The van der Waals surface area contributed by atoms with Crippen molar-refractivity contribution in [2.24, 2.45) is 0 Å². The van der Waals surface area contributed by atoms with Crippen LogP contribution < -0.4 is 10.1 Å². The Morgan fingerprint density at radius 2 is 1.54 bits per heavy atom. The Morgan fingerprint density at radius 3 is 2.14 bits per heavy atom. The minimum atomic E-state index is -0.231. The maximum atomic E-state index is 12.4. The summed E-state index contributed by atoms with van der Waals surface area (Å²) in [4.78, 5) is 28.5. The molecule has 0 saturated carbocycles. The van der Waals surface area contributed by atoms with Crippen LogP contribution in [0, 0.1) is 0 Å². The molecule has 0 bridgehead atoms. The van der Waals surface area contributed by atoms with Gasteiger partial charge >= 0.3 is 0 Å². The molecule has 1 amide bonds. The number of halogens is 1. The summed E-state index contributed by atoms with van der Waals surface area (Å²) < 4.78 is 5.51. The van der Waals surface area contributed by atoms with E-state index in [-0.39, 0.29) is 24.3 Å². The van der Waals surface area contributed by atoms with Crippen molar-refractivity contribution in [3.63, 3.8) is 0 Å². The number of amides is 1. The van der Waals surface area contributed by atoms with Crippen molar-refractivity contribution in [2.45, 2.75) is 13.0 Å². The van der Waals surface area contributed by atoms with Crippen molar-refractivity contribution in [3.8, 4) is 5.75 Å².